The minimum absolute atomic E-state index is 0.113. The molecule has 5 nitrogen and oxygen atoms in total. The number of rotatable bonds is 5. The highest BCUT2D eigenvalue weighted by molar-refractivity contribution is 7.22. The molecule has 0 unspecified atom stereocenters. The molecule has 2 heterocycles. The highest BCUT2D eigenvalue weighted by Crippen LogP contribution is 2.30. The van der Waals surface area contributed by atoms with E-state index in [1.54, 1.807) is 11.3 Å². The summed E-state index contributed by atoms with van der Waals surface area (Å²) in [5, 5.41) is 14.6. The van der Waals surface area contributed by atoms with E-state index in [2.05, 4.69) is 57.8 Å². The van der Waals surface area contributed by atoms with Crippen molar-refractivity contribution in [2.45, 2.75) is 44.4 Å². The summed E-state index contributed by atoms with van der Waals surface area (Å²) in [5.74, 6) is 0. The van der Waals surface area contributed by atoms with Crippen molar-refractivity contribution in [1.29, 1.82) is 0 Å². The van der Waals surface area contributed by atoms with Crippen LogP contribution in [0.5, 0.6) is 0 Å². The number of anilines is 1. The lowest BCUT2D eigenvalue weighted by Gasteiger charge is -2.27. The molecule has 6 heteroatoms. The second-order valence-electron chi connectivity index (χ2n) is 7.75. The number of fused-ring (bicyclic) bond motifs is 2. The molecular weight excluding hydrogens is 380 g/mol. The average molecular weight is 405 g/mol. The Balaban J connectivity index is 1.38. The number of aromatic nitrogens is 3. The molecule has 5 rings (SSSR count). The van der Waals surface area contributed by atoms with Crippen molar-refractivity contribution < 1.29 is 5.11 Å². The normalized spacial score (nSPS) is 19.6. The van der Waals surface area contributed by atoms with E-state index in [4.69, 9.17) is 4.98 Å². The van der Waals surface area contributed by atoms with E-state index in [0.717, 1.165) is 64.2 Å². The van der Waals surface area contributed by atoms with E-state index in [-0.39, 0.29) is 12.1 Å². The molecular formula is C23H24N4OS. The smallest absolute Gasteiger partial charge is 0.184 e. The van der Waals surface area contributed by atoms with Crippen molar-refractivity contribution >= 4 is 43.8 Å². The maximum absolute atomic E-state index is 10.2. The van der Waals surface area contributed by atoms with Gasteiger partial charge in [-0.3, -0.25) is 0 Å². The first kappa shape index (κ1) is 18.3. The van der Waals surface area contributed by atoms with Crippen LogP contribution in [-0.4, -0.2) is 31.8 Å². The third-order valence-electron chi connectivity index (χ3n) is 5.72. The van der Waals surface area contributed by atoms with Crippen LogP contribution >= 0.6 is 11.3 Å². The summed E-state index contributed by atoms with van der Waals surface area (Å²) < 4.78 is 3.33. The van der Waals surface area contributed by atoms with Gasteiger partial charge in [0.15, 0.2) is 5.13 Å². The lowest BCUT2D eigenvalue weighted by molar-refractivity contribution is 0.116. The maximum atomic E-state index is 10.2. The lowest BCUT2D eigenvalue weighted by atomic mass is 9.93. The van der Waals surface area contributed by atoms with E-state index in [9.17, 15) is 5.11 Å². The molecule has 0 amide bonds. The van der Waals surface area contributed by atoms with Gasteiger partial charge in [-0.1, -0.05) is 49.0 Å². The number of thiazole rings is 1. The molecule has 0 aliphatic heterocycles. The van der Waals surface area contributed by atoms with E-state index in [0.29, 0.717) is 0 Å². The van der Waals surface area contributed by atoms with Gasteiger partial charge in [0.25, 0.3) is 0 Å². The molecule has 0 saturated heterocycles. The van der Waals surface area contributed by atoms with Gasteiger partial charge >= 0.3 is 0 Å². The molecule has 2 aromatic heterocycles. The highest BCUT2D eigenvalue weighted by atomic mass is 32.1. The fourth-order valence-electron chi connectivity index (χ4n) is 4.10. The standard InChI is InChI=1S/C23H24N4OS/c1-2-15-8-10-20-19(11-15)24-14-27(20)13-16-7-9-18-22(12-16)29-23(26-18)25-17-5-3-4-6-21(17)28/h2,7-12,14,17,21,28H,1,3-6,13H2,(H,25,26)/t17-,21-/m1/s1. The molecule has 0 radical (unpaired) electrons. The molecule has 2 N–H and O–H groups in total. The van der Waals surface area contributed by atoms with Crippen LogP contribution < -0.4 is 5.32 Å². The van der Waals surface area contributed by atoms with Crippen molar-refractivity contribution in [3.05, 3.63) is 60.4 Å². The average Bonchev–Trinajstić information content (AvgIpc) is 3.32. The van der Waals surface area contributed by atoms with Gasteiger partial charge in [-0.2, -0.15) is 0 Å². The zero-order valence-electron chi connectivity index (χ0n) is 16.2. The van der Waals surface area contributed by atoms with Crippen LogP contribution in [0.25, 0.3) is 27.3 Å². The van der Waals surface area contributed by atoms with E-state index >= 15 is 0 Å². The Morgan fingerprint density at radius 3 is 2.93 bits per heavy atom. The largest absolute Gasteiger partial charge is 0.391 e. The fourth-order valence-corrected chi connectivity index (χ4v) is 5.09. The first-order chi connectivity index (χ1) is 14.2. The van der Waals surface area contributed by atoms with Crippen LogP contribution in [0.3, 0.4) is 0 Å². The summed E-state index contributed by atoms with van der Waals surface area (Å²) in [6, 6.07) is 12.8. The SMILES string of the molecule is C=Cc1ccc2c(c1)ncn2Cc1ccc2nc(N[C@@H]3CCCC[C@H]3O)sc2c1. The van der Waals surface area contributed by atoms with Crippen LogP contribution in [0.15, 0.2) is 49.3 Å². The van der Waals surface area contributed by atoms with Crippen LogP contribution in [0.4, 0.5) is 5.13 Å². The fraction of sp³-hybridized carbons (Fsp3) is 0.304. The van der Waals surface area contributed by atoms with Gasteiger partial charge in [0.1, 0.15) is 0 Å². The molecule has 148 valence electrons. The third kappa shape index (κ3) is 3.66. The molecule has 2 atom stereocenters. The van der Waals surface area contributed by atoms with Gasteiger partial charge < -0.3 is 15.0 Å². The summed E-state index contributed by atoms with van der Waals surface area (Å²) in [6.45, 7) is 4.59. The quantitative estimate of drug-likeness (QED) is 0.488. The number of nitrogens with zero attached hydrogens (tertiary/aromatic N) is 3. The van der Waals surface area contributed by atoms with Crippen LogP contribution in [0, 0.1) is 0 Å². The highest BCUT2D eigenvalue weighted by Gasteiger charge is 2.23. The van der Waals surface area contributed by atoms with Gasteiger partial charge in [0.2, 0.25) is 0 Å². The topological polar surface area (TPSA) is 63.0 Å². The predicted octanol–water partition coefficient (Wildman–Crippen LogP) is 5.05. The molecule has 2 aromatic carbocycles. The van der Waals surface area contributed by atoms with Gasteiger partial charge in [-0.15, -0.1) is 0 Å². The zero-order chi connectivity index (χ0) is 19.8. The van der Waals surface area contributed by atoms with Gasteiger partial charge in [0.05, 0.1) is 39.7 Å². The first-order valence-corrected chi connectivity index (χ1v) is 10.9. The van der Waals surface area contributed by atoms with Crippen molar-refractivity contribution in [2.75, 3.05) is 5.32 Å². The van der Waals surface area contributed by atoms with Gasteiger partial charge in [-0.05, 0) is 48.2 Å². The number of hydrogen-bond acceptors (Lipinski definition) is 5. The molecule has 1 aliphatic carbocycles. The first-order valence-electron chi connectivity index (χ1n) is 10.1. The Hall–Kier alpha value is -2.70. The molecule has 1 aliphatic rings. The van der Waals surface area contributed by atoms with Crippen molar-refractivity contribution in [1.82, 2.24) is 14.5 Å². The summed E-state index contributed by atoms with van der Waals surface area (Å²) in [5.41, 5.74) is 5.40. The predicted molar refractivity (Wildman–Crippen MR) is 120 cm³/mol. The Labute approximate surface area is 173 Å². The minimum Gasteiger partial charge on any atom is -0.391 e. The van der Waals surface area contributed by atoms with Gasteiger partial charge in [0, 0.05) is 6.54 Å². The summed E-state index contributed by atoms with van der Waals surface area (Å²) >= 11 is 1.66. The molecule has 29 heavy (non-hydrogen) atoms. The zero-order valence-corrected chi connectivity index (χ0v) is 17.0. The molecule has 0 spiro atoms. The van der Waals surface area contributed by atoms with Crippen LogP contribution in [0.2, 0.25) is 0 Å². The molecule has 0 bridgehead atoms. The second kappa shape index (κ2) is 7.61. The third-order valence-corrected chi connectivity index (χ3v) is 6.67. The molecule has 1 saturated carbocycles. The summed E-state index contributed by atoms with van der Waals surface area (Å²) in [4.78, 5) is 9.25. The number of imidazole rings is 1. The van der Waals surface area contributed by atoms with Crippen molar-refractivity contribution in [2.24, 2.45) is 0 Å². The Morgan fingerprint density at radius 1 is 1.17 bits per heavy atom. The van der Waals surface area contributed by atoms with Crippen LogP contribution in [-0.2, 0) is 6.54 Å². The lowest BCUT2D eigenvalue weighted by Crippen LogP contribution is -2.36. The van der Waals surface area contributed by atoms with E-state index < -0.39 is 0 Å². The Kier molecular flexibility index (Phi) is 4.81. The minimum atomic E-state index is -0.276. The van der Waals surface area contributed by atoms with Gasteiger partial charge in [-0.25, -0.2) is 9.97 Å². The maximum Gasteiger partial charge on any atom is 0.184 e. The summed E-state index contributed by atoms with van der Waals surface area (Å²) in [6.07, 6.45) is 7.61. The molecule has 4 aromatic rings. The number of aliphatic hydroxyl groups excluding tert-OH is 1. The second-order valence-corrected chi connectivity index (χ2v) is 8.78. The Bertz CT molecular complexity index is 1180. The number of benzene rings is 2. The monoisotopic (exact) mass is 404 g/mol. The van der Waals surface area contributed by atoms with Crippen molar-refractivity contribution in [3.63, 3.8) is 0 Å². The summed E-state index contributed by atoms with van der Waals surface area (Å²) in [7, 11) is 0. The van der Waals surface area contributed by atoms with Crippen LogP contribution in [0.1, 0.15) is 36.8 Å². The number of aliphatic hydroxyl groups is 1. The number of nitrogens with one attached hydrogen (secondary N) is 1. The number of hydrogen-bond donors (Lipinski definition) is 2. The van der Waals surface area contributed by atoms with E-state index in [1.165, 1.54) is 5.56 Å². The Morgan fingerprint density at radius 2 is 2.07 bits per heavy atom. The molecule has 1 fully saturated rings. The van der Waals surface area contributed by atoms with Crippen molar-refractivity contribution in [3.8, 4) is 0 Å². The van der Waals surface area contributed by atoms with E-state index in [1.807, 2.05) is 12.4 Å².